The van der Waals surface area contributed by atoms with E-state index in [1.165, 1.54) is 5.56 Å². The second kappa shape index (κ2) is 11.9. The second-order valence-electron chi connectivity index (χ2n) is 5.82. The molecule has 140 valence electrons. The molecule has 0 aromatic heterocycles. The van der Waals surface area contributed by atoms with E-state index in [0.717, 1.165) is 43.5 Å². The lowest BCUT2D eigenvalue weighted by Crippen LogP contribution is -2.37. The molecule has 0 saturated heterocycles. The van der Waals surface area contributed by atoms with Crippen LogP contribution in [0.3, 0.4) is 0 Å². The average Bonchev–Trinajstić information content (AvgIpc) is 2.69. The summed E-state index contributed by atoms with van der Waals surface area (Å²) in [6.07, 6.45) is 0.959. The Hall–Kier alpha value is -2.53. The first-order chi connectivity index (χ1) is 12.8. The van der Waals surface area contributed by atoms with Gasteiger partial charge in [-0.05, 0) is 36.6 Å². The zero-order valence-corrected chi connectivity index (χ0v) is 15.7. The molecule has 0 aliphatic heterocycles. The molecule has 0 unspecified atom stereocenters. The molecule has 0 bridgehead atoms. The van der Waals surface area contributed by atoms with E-state index < -0.39 is 0 Å². The standard InChI is InChI=1S/C21H29N3O2/c1-3-25-14-8-13-23-21(22-2)24-16-18-9-7-10-19(15-18)17-26-20-11-5-4-6-12-20/h4-7,9-12,15H,3,8,13-14,16-17H2,1-2H3,(H2,22,23,24). The fourth-order valence-electron chi connectivity index (χ4n) is 2.44. The number of ether oxygens (including phenoxy) is 2. The quantitative estimate of drug-likeness (QED) is 0.390. The predicted molar refractivity (Wildman–Crippen MR) is 107 cm³/mol. The monoisotopic (exact) mass is 355 g/mol. The number of guanidine groups is 1. The van der Waals surface area contributed by atoms with Gasteiger partial charge in [-0.1, -0.05) is 42.5 Å². The maximum absolute atomic E-state index is 5.81. The van der Waals surface area contributed by atoms with Crippen molar-refractivity contribution in [3.63, 3.8) is 0 Å². The molecule has 0 aliphatic carbocycles. The minimum atomic E-state index is 0.558. The highest BCUT2D eigenvalue weighted by Crippen LogP contribution is 2.12. The number of para-hydroxylation sites is 1. The summed E-state index contributed by atoms with van der Waals surface area (Å²) in [6.45, 7) is 5.64. The van der Waals surface area contributed by atoms with Gasteiger partial charge in [0.15, 0.2) is 5.96 Å². The predicted octanol–water partition coefficient (Wildman–Crippen LogP) is 3.36. The fraction of sp³-hybridized carbons (Fsp3) is 0.381. The summed E-state index contributed by atoms with van der Waals surface area (Å²) in [4.78, 5) is 4.25. The summed E-state index contributed by atoms with van der Waals surface area (Å²) in [5.74, 6) is 1.68. The number of hydrogen-bond acceptors (Lipinski definition) is 3. The normalized spacial score (nSPS) is 11.2. The number of rotatable bonds is 10. The molecule has 2 aromatic rings. The van der Waals surface area contributed by atoms with Crippen molar-refractivity contribution < 1.29 is 9.47 Å². The van der Waals surface area contributed by atoms with Crippen LogP contribution in [-0.4, -0.2) is 32.8 Å². The van der Waals surface area contributed by atoms with E-state index in [1.54, 1.807) is 7.05 Å². The van der Waals surface area contributed by atoms with Gasteiger partial charge in [0.25, 0.3) is 0 Å². The molecule has 0 saturated carbocycles. The zero-order valence-electron chi connectivity index (χ0n) is 15.7. The molecule has 0 heterocycles. The molecule has 26 heavy (non-hydrogen) atoms. The Labute approximate surface area is 156 Å². The average molecular weight is 355 g/mol. The Morgan fingerprint density at radius 3 is 2.58 bits per heavy atom. The van der Waals surface area contributed by atoms with E-state index in [1.807, 2.05) is 37.3 Å². The largest absolute Gasteiger partial charge is 0.489 e. The molecule has 5 nitrogen and oxygen atoms in total. The third kappa shape index (κ3) is 7.57. The van der Waals surface area contributed by atoms with Gasteiger partial charge < -0.3 is 20.1 Å². The van der Waals surface area contributed by atoms with Crippen LogP contribution in [0.2, 0.25) is 0 Å². The van der Waals surface area contributed by atoms with Gasteiger partial charge in [-0.15, -0.1) is 0 Å². The Kier molecular flexibility index (Phi) is 9.08. The van der Waals surface area contributed by atoms with Crippen LogP contribution in [-0.2, 0) is 17.9 Å². The van der Waals surface area contributed by atoms with Crippen molar-refractivity contribution in [1.29, 1.82) is 0 Å². The van der Waals surface area contributed by atoms with Gasteiger partial charge in [0, 0.05) is 33.4 Å². The molecule has 2 N–H and O–H groups in total. The topological polar surface area (TPSA) is 54.9 Å². The molecule has 0 radical (unpaired) electrons. The number of benzene rings is 2. The Morgan fingerprint density at radius 1 is 1.00 bits per heavy atom. The fourth-order valence-corrected chi connectivity index (χ4v) is 2.44. The van der Waals surface area contributed by atoms with Crippen LogP contribution >= 0.6 is 0 Å². The zero-order chi connectivity index (χ0) is 18.5. The van der Waals surface area contributed by atoms with Crippen molar-refractivity contribution in [1.82, 2.24) is 10.6 Å². The molecule has 0 spiro atoms. The summed E-state index contributed by atoms with van der Waals surface area (Å²) in [5.41, 5.74) is 2.34. The van der Waals surface area contributed by atoms with Crippen LogP contribution in [0, 0.1) is 0 Å². The van der Waals surface area contributed by atoms with Crippen molar-refractivity contribution in [2.45, 2.75) is 26.5 Å². The Morgan fingerprint density at radius 2 is 1.81 bits per heavy atom. The molecule has 0 atom stereocenters. The minimum absolute atomic E-state index is 0.558. The van der Waals surface area contributed by atoms with Crippen molar-refractivity contribution in [2.24, 2.45) is 4.99 Å². The molecule has 2 rings (SSSR count). The first kappa shape index (κ1) is 19.8. The summed E-state index contributed by atoms with van der Waals surface area (Å²) >= 11 is 0. The third-order valence-electron chi connectivity index (χ3n) is 3.79. The van der Waals surface area contributed by atoms with Gasteiger partial charge in [0.2, 0.25) is 0 Å². The van der Waals surface area contributed by atoms with E-state index >= 15 is 0 Å². The van der Waals surface area contributed by atoms with Gasteiger partial charge in [0.05, 0.1) is 0 Å². The molecule has 5 heteroatoms. The van der Waals surface area contributed by atoms with E-state index in [9.17, 15) is 0 Å². The second-order valence-corrected chi connectivity index (χ2v) is 5.82. The Bertz CT molecular complexity index is 659. The SMILES string of the molecule is CCOCCCNC(=NC)NCc1cccc(COc2ccccc2)c1. The smallest absolute Gasteiger partial charge is 0.191 e. The van der Waals surface area contributed by atoms with Crippen molar-refractivity contribution in [3.8, 4) is 5.75 Å². The van der Waals surface area contributed by atoms with Crippen LogP contribution in [0.4, 0.5) is 0 Å². The van der Waals surface area contributed by atoms with Gasteiger partial charge in [-0.2, -0.15) is 0 Å². The summed E-state index contributed by atoms with van der Waals surface area (Å²) in [7, 11) is 1.78. The number of aliphatic imine (C=N–C) groups is 1. The first-order valence-electron chi connectivity index (χ1n) is 9.09. The molecule has 0 aliphatic rings. The summed E-state index contributed by atoms with van der Waals surface area (Å²) in [6, 6.07) is 18.2. The Balaban J connectivity index is 1.76. The maximum atomic E-state index is 5.81. The van der Waals surface area contributed by atoms with Crippen LogP contribution in [0.5, 0.6) is 5.75 Å². The van der Waals surface area contributed by atoms with E-state index in [0.29, 0.717) is 13.2 Å². The minimum Gasteiger partial charge on any atom is -0.489 e. The van der Waals surface area contributed by atoms with Gasteiger partial charge in [-0.3, -0.25) is 4.99 Å². The molecular formula is C21H29N3O2. The van der Waals surface area contributed by atoms with Crippen LogP contribution < -0.4 is 15.4 Å². The van der Waals surface area contributed by atoms with Gasteiger partial charge in [0.1, 0.15) is 12.4 Å². The number of nitrogens with one attached hydrogen (secondary N) is 2. The summed E-state index contributed by atoms with van der Waals surface area (Å²) < 4.78 is 11.1. The summed E-state index contributed by atoms with van der Waals surface area (Å²) in [5, 5.41) is 6.63. The lowest BCUT2D eigenvalue weighted by molar-refractivity contribution is 0.145. The number of nitrogens with zero attached hydrogens (tertiary/aromatic N) is 1. The van der Waals surface area contributed by atoms with E-state index in [2.05, 4.69) is 39.9 Å². The van der Waals surface area contributed by atoms with Crippen LogP contribution in [0.1, 0.15) is 24.5 Å². The highest BCUT2D eigenvalue weighted by atomic mass is 16.5. The molecular weight excluding hydrogens is 326 g/mol. The lowest BCUT2D eigenvalue weighted by atomic mass is 10.1. The van der Waals surface area contributed by atoms with Crippen molar-refractivity contribution in [2.75, 3.05) is 26.8 Å². The van der Waals surface area contributed by atoms with Crippen molar-refractivity contribution >= 4 is 5.96 Å². The highest BCUT2D eigenvalue weighted by molar-refractivity contribution is 5.79. The molecule has 2 aromatic carbocycles. The van der Waals surface area contributed by atoms with Crippen LogP contribution in [0.15, 0.2) is 59.6 Å². The number of hydrogen-bond donors (Lipinski definition) is 2. The third-order valence-corrected chi connectivity index (χ3v) is 3.79. The molecule has 0 amide bonds. The van der Waals surface area contributed by atoms with Gasteiger partial charge in [-0.25, -0.2) is 0 Å². The molecule has 0 fully saturated rings. The lowest BCUT2D eigenvalue weighted by Gasteiger charge is -2.13. The van der Waals surface area contributed by atoms with Crippen LogP contribution in [0.25, 0.3) is 0 Å². The highest BCUT2D eigenvalue weighted by Gasteiger charge is 2.01. The van der Waals surface area contributed by atoms with Gasteiger partial charge >= 0.3 is 0 Å². The van der Waals surface area contributed by atoms with Crippen molar-refractivity contribution in [3.05, 3.63) is 65.7 Å². The maximum Gasteiger partial charge on any atom is 0.191 e. The van der Waals surface area contributed by atoms with E-state index in [4.69, 9.17) is 9.47 Å². The first-order valence-corrected chi connectivity index (χ1v) is 9.09. The van der Waals surface area contributed by atoms with E-state index in [-0.39, 0.29) is 0 Å².